The minimum absolute atomic E-state index is 0.202. The van der Waals surface area contributed by atoms with Gasteiger partial charge in [0.2, 0.25) is 0 Å². The SMILES string of the molecule is CC(=O)CCCCO.Cc1sc2c(c1C)C(c1ccc(Cl)cc1)=NCc1nnc(C)n1-2. The fraction of sp³-hybridized carbons (Fsp3) is 0.391. The van der Waals surface area contributed by atoms with Gasteiger partial charge in [-0.25, -0.2) is 0 Å². The Bertz CT molecular complexity index is 1100. The number of carbonyl (C=O) groups is 1. The van der Waals surface area contributed by atoms with E-state index in [0.29, 0.717) is 13.0 Å². The van der Waals surface area contributed by atoms with Crippen LogP contribution in [0.4, 0.5) is 0 Å². The fourth-order valence-corrected chi connectivity index (χ4v) is 4.73. The first-order chi connectivity index (χ1) is 14.8. The molecule has 8 heteroatoms. The van der Waals surface area contributed by atoms with Crippen molar-refractivity contribution >= 4 is 34.4 Å². The van der Waals surface area contributed by atoms with Crippen LogP contribution in [0, 0.1) is 20.8 Å². The molecule has 0 amide bonds. The smallest absolute Gasteiger partial charge is 0.160 e. The number of Topliss-reactive ketones (excluding diaryl/α,β-unsaturated/α-hetero) is 1. The number of aliphatic imine (C=N–C) groups is 1. The number of halogens is 1. The summed E-state index contributed by atoms with van der Waals surface area (Å²) in [5, 5.41) is 18.7. The van der Waals surface area contributed by atoms with Gasteiger partial charge in [-0.05, 0) is 58.2 Å². The summed E-state index contributed by atoms with van der Waals surface area (Å²) in [4.78, 5) is 16.4. The number of hydrogen-bond acceptors (Lipinski definition) is 6. The number of thiophene rings is 1. The van der Waals surface area contributed by atoms with E-state index in [-0.39, 0.29) is 12.4 Å². The highest BCUT2D eigenvalue weighted by Gasteiger charge is 2.26. The number of aliphatic hydroxyl groups excluding tert-OH is 1. The van der Waals surface area contributed by atoms with E-state index in [1.165, 1.54) is 16.0 Å². The first-order valence-electron chi connectivity index (χ1n) is 10.3. The zero-order chi connectivity index (χ0) is 22.5. The van der Waals surface area contributed by atoms with Gasteiger partial charge in [-0.15, -0.1) is 21.5 Å². The quantitative estimate of drug-likeness (QED) is 0.546. The molecule has 4 rings (SSSR count). The van der Waals surface area contributed by atoms with Crippen molar-refractivity contribution in [1.82, 2.24) is 14.8 Å². The molecule has 0 aliphatic carbocycles. The Hall–Kier alpha value is -2.35. The number of nitrogens with zero attached hydrogens (tertiary/aromatic N) is 4. The van der Waals surface area contributed by atoms with Crippen molar-refractivity contribution in [3.63, 3.8) is 0 Å². The molecule has 1 aromatic carbocycles. The van der Waals surface area contributed by atoms with Crippen molar-refractivity contribution in [2.75, 3.05) is 6.61 Å². The number of ketones is 1. The Morgan fingerprint density at radius 2 is 1.87 bits per heavy atom. The van der Waals surface area contributed by atoms with Crippen molar-refractivity contribution in [2.24, 2.45) is 4.99 Å². The third-order valence-corrected chi connectivity index (χ3v) is 6.58. The largest absolute Gasteiger partial charge is 0.396 e. The second kappa shape index (κ2) is 10.3. The summed E-state index contributed by atoms with van der Waals surface area (Å²) < 4.78 is 2.13. The van der Waals surface area contributed by atoms with Gasteiger partial charge in [0.1, 0.15) is 23.2 Å². The van der Waals surface area contributed by atoms with E-state index in [1.807, 2.05) is 31.2 Å². The van der Waals surface area contributed by atoms with Gasteiger partial charge in [0.15, 0.2) is 5.82 Å². The van der Waals surface area contributed by atoms with Crippen molar-refractivity contribution in [3.8, 4) is 5.00 Å². The first kappa shape index (κ1) is 23.3. The maximum Gasteiger partial charge on any atom is 0.160 e. The number of unbranched alkanes of at least 4 members (excludes halogenated alkanes) is 1. The zero-order valence-corrected chi connectivity index (χ0v) is 19.8. The molecule has 0 saturated heterocycles. The van der Waals surface area contributed by atoms with E-state index < -0.39 is 0 Å². The minimum Gasteiger partial charge on any atom is -0.396 e. The molecule has 1 aliphatic rings. The fourth-order valence-electron chi connectivity index (χ4n) is 3.38. The number of aromatic nitrogens is 3. The van der Waals surface area contributed by atoms with Crippen LogP contribution in [0.1, 0.15) is 59.4 Å². The van der Waals surface area contributed by atoms with Crippen LogP contribution in [0.25, 0.3) is 5.00 Å². The molecular formula is C23H27ClN4O2S. The normalized spacial score (nSPS) is 12.3. The molecule has 0 fully saturated rings. The third kappa shape index (κ3) is 5.29. The Morgan fingerprint density at radius 3 is 2.52 bits per heavy atom. The van der Waals surface area contributed by atoms with Gasteiger partial charge in [-0.2, -0.15) is 0 Å². The van der Waals surface area contributed by atoms with Gasteiger partial charge < -0.3 is 9.90 Å². The number of carbonyl (C=O) groups excluding carboxylic acids is 1. The second-order valence-corrected chi connectivity index (χ2v) is 9.16. The summed E-state index contributed by atoms with van der Waals surface area (Å²) in [5.74, 6) is 1.99. The number of benzene rings is 1. The maximum atomic E-state index is 10.2. The lowest BCUT2D eigenvalue weighted by Gasteiger charge is -2.09. The van der Waals surface area contributed by atoms with Gasteiger partial charge >= 0.3 is 0 Å². The van der Waals surface area contributed by atoms with E-state index in [1.54, 1.807) is 18.3 Å². The molecule has 3 heterocycles. The lowest BCUT2D eigenvalue weighted by Crippen LogP contribution is -2.07. The average molecular weight is 459 g/mol. The van der Waals surface area contributed by atoms with Crippen molar-refractivity contribution in [1.29, 1.82) is 0 Å². The Balaban J connectivity index is 0.000000293. The number of hydrogen-bond donors (Lipinski definition) is 1. The lowest BCUT2D eigenvalue weighted by atomic mass is 10.00. The molecular weight excluding hydrogens is 432 g/mol. The molecule has 2 aromatic heterocycles. The Morgan fingerprint density at radius 1 is 1.16 bits per heavy atom. The highest BCUT2D eigenvalue weighted by Crippen LogP contribution is 2.36. The van der Waals surface area contributed by atoms with Gasteiger partial charge in [0.05, 0.1) is 5.71 Å². The molecule has 31 heavy (non-hydrogen) atoms. The van der Waals surface area contributed by atoms with Crippen molar-refractivity contribution in [3.05, 3.63) is 62.5 Å². The molecule has 3 aromatic rings. The molecule has 0 atom stereocenters. The Labute approximate surface area is 191 Å². The van der Waals surface area contributed by atoms with Crippen LogP contribution in [0.5, 0.6) is 0 Å². The van der Waals surface area contributed by atoms with Crippen LogP contribution in [0.3, 0.4) is 0 Å². The van der Waals surface area contributed by atoms with E-state index >= 15 is 0 Å². The van der Waals surface area contributed by atoms with Crippen LogP contribution < -0.4 is 0 Å². The highest BCUT2D eigenvalue weighted by atomic mass is 35.5. The summed E-state index contributed by atoms with van der Waals surface area (Å²) in [6, 6.07) is 7.86. The summed E-state index contributed by atoms with van der Waals surface area (Å²) in [5.41, 5.74) is 4.52. The van der Waals surface area contributed by atoms with Crippen LogP contribution >= 0.6 is 22.9 Å². The monoisotopic (exact) mass is 458 g/mol. The predicted octanol–water partition coefficient (Wildman–Crippen LogP) is 5.00. The van der Waals surface area contributed by atoms with Crippen LogP contribution in [0.15, 0.2) is 29.3 Å². The lowest BCUT2D eigenvalue weighted by molar-refractivity contribution is -0.117. The van der Waals surface area contributed by atoms with Crippen molar-refractivity contribution < 1.29 is 9.90 Å². The van der Waals surface area contributed by atoms with E-state index in [0.717, 1.165) is 45.8 Å². The number of aryl methyl sites for hydroxylation is 2. The number of rotatable bonds is 5. The van der Waals surface area contributed by atoms with Gasteiger partial charge in [-0.1, -0.05) is 23.7 Å². The predicted molar refractivity (Wildman–Crippen MR) is 126 cm³/mol. The summed E-state index contributed by atoms with van der Waals surface area (Å²) in [6.07, 6.45) is 2.19. The zero-order valence-electron chi connectivity index (χ0n) is 18.3. The van der Waals surface area contributed by atoms with Gasteiger partial charge in [0, 0.05) is 34.1 Å². The van der Waals surface area contributed by atoms with Gasteiger partial charge in [0.25, 0.3) is 0 Å². The van der Waals surface area contributed by atoms with E-state index in [2.05, 4.69) is 28.6 Å². The third-order valence-electron chi connectivity index (χ3n) is 5.13. The molecule has 0 unspecified atom stereocenters. The average Bonchev–Trinajstić information content (AvgIpc) is 3.17. The second-order valence-electron chi connectivity index (χ2n) is 7.52. The molecule has 1 aliphatic heterocycles. The summed E-state index contributed by atoms with van der Waals surface area (Å²) >= 11 is 7.80. The van der Waals surface area contributed by atoms with E-state index in [4.69, 9.17) is 21.7 Å². The number of aliphatic hydroxyl groups is 1. The molecule has 1 N–H and O–H groups in total. The van der Waals surface area contributed by atoms with Crippen LogP contribution in [-0.4, -0.2) is 38.0 Å². The molecule has 6 nitrogen and oxygen atoms in total. The van der Waals surface area contributed by atoms with Gasteiger partial charge in [-0.3, -0.25) is 9.56 Å². The highest BCUT2D eigenvalue weighted by molar-refractivity contribution is 7.15. The molecule has 0 spiro atoms. The van der Waals surface area contributed by atoms with E-state index in [9.17, 15) is 4.79 Å². The number of fused-ring (bicyclic) bond motifs is 3. The first-order valence-corrected chi connectivity index (χ1v) is 11.4. The van der Waals surface area contributed by atoms with Crippen LogP contribution in [-0.2, 0) is 11.3 Å². The standard InChI is InChI=1S/C17H15ClN4S.C6H12O2/c1-9-10(2)23-17-15(9)16(12-4-6-13(18)7-5-12)19-8-14-21-20-11(3)22(14)17;1-6(8)4-2-3-5-7/h4-7H,8H2,1-3H3;7H,2-5H2,1H3. The van der Waals surface area contributed by atoms with Crippen LogP contribution in [0.2, 0.25) is 5.02 Å². The Kier molecular flexibility index (Phi) is 7.75. The summed E-state index contributed by atoms with van der Waals surface area (Å²) in [6.45, 7) is 8.58. The van der Waals surface area contributed by atoms with Crippen molar-refractivity contribution in [2.45, 2.75) is 53.5 Å². The molecule has 0 saturated carbocycles. The maximum absolute atomic E-state index is 10.2. The molecule has 0 bridgehead atoms. The minimum atomic E-state index is 0.202. The summed E-state index contributed by atoms with van der Waals surface area (Å²) in [7, 11) is 0. The molecule has 0 radical (unpaired) electrons. The topological polar surface area (TPSA) is 80.4 Å². The molecule has 164 valence electrons.